The highest BCUT2D eigenvalue weighted by Gasteiger charge is 2.26. The van der Waals surface area contributed by atoms with Crippen molar-refractivity contribution in [1.29, 1.82) is 0 Å². The Bertz CT molecular complexity index is 781. The number of rotatable bonds is 3. The first kappa shape index (κ1) is 19.4. The topological polar surface area (TPSA) is 72.7 Å². The van der Waals surface area contributed by atoms with Crippen molar-refractivity contribution in [3.63, 3.8) is 0 Å². The third-order valence-corrected chi connectivity index (χ3v) is 3.92. The maximum Gasteiger partial charge on any atom is 0.419 e. The summed E-state index contributed by atoms with van der Waals surface area (Å²) in [5.41, 5.74) is 0.289. The lowest BCUT2D eigenvalue weighted by molar-refractivity contribution is -0.384. The highest BCUT2D eigenvalue weighted by atomic mass is 79.9. The third-order valence-electron chi connectivity index (χ3n) is 3.00. The van der Waals surface area contributed by atoms with Crippen molar-refractivity contribution in [3.8, 4) is 0 Å². The van der Waals surface area contributed by atoms with E-state index in [1.165, 1.54) is 29.2 Å². The van der Waals surface area contributed by atoms with Gasteiger partial charge in [-0.25, -0.2) is 9.69 Å². The molecule has 0 atom stereocenters. The first-order chi connectivity index (χ1) is 11.6. The van der Waals surface area contributed by atoms with Gasteiger partial charge in [-0.1, -0.05) is 31.9 Å². The van der Waals surface area contributed by atoms with E-state index in [-0.39, 0.29) is 5.69 Å². The van der Waals surface area contributed by atoms with Gasteiger partial charge in [0, 0.05) is 21.1 Å². The Morgan fingerprint density at radius 3 is 2.00 bits per heavy atom. The monoisotopic (exact) mass is 470 g/mol. The molecule has 0 aliphatic carbocycles. The number of anilines is 2. The molecule has 25 heavy (non-hydrogen) atoms. The van der Waals surface area contributed by atoms with Crippen LogP contribution < -0.4 is 4.90 Å². The van der Waals surface area contributed by atoms with Crippen LogP contribution in [0, 0.1) is 10.1 Å². The number of nitrogens with zero attached hydrogens (tertiary/aromatic N) is 2. The molecule has 8 heteroatoms. The van der Waals surface area contributed by atoms with Gasteiger partial charge >= 0.3 is 6.09 Å². The van der Waals surface area contributed by atoms with E-state index in [1.54, 1.807) is 32.9 Å². The fourth-order valence-corrected chi connectivity index (χ4v) is 3.33. The quantitative estimate of drug-likeness (QED) is 0.395. The lowest BCUT2D eigenvalue weighted by Gasteiger charge is -2.27. The van der Waals surface area contributed by atoms with Gasteiger partial charge in [-0.05, 0) is 51.1 Å². The van der Waals surface area contributed by atoms with E-state index < -0.39 is 16.6 Å². The Labute approximate surface area is 162 Å². The summed E-state index contributed by atoms with van der Waals surface area (Å²) in [5.74, 6) is 0. The summed E-state index contributed by atoms with van der Waals surface area (Å²) in [6, 6.07) is 11.1. The smallest absolute Gasteiger partial charge is 0.419 e. The molecular weight excluding hydrogens is 456 g/mol. The molecule has 0 aromatic heterocycles. The van der Waals surface area contributed by atoms with E-state index in [9.17, 15) is 14.9 Å². The average Bonchev–Trinajstić information content (AvgIpc) is 2.45. The van der Waals surface area contributed by atoms with Crippen molar-refractivity contribution in [2.24, 2.45) is 0 Å². The van der Waals surface area contributed by atoms with Crippen LogP contribution in [0.15, 0.2) is 51.4 Å². The van der Waals surface area contributed by atoms with E-state index in [2.05, 4.69) is 31.9 Å². The van der Waals surface area contributed by atoms with Crippen molar-refractivity contribution >= 4 is 55.0 Å². The van der Waals surface area contributed by atoms with Gasteiger partial charge in [0.05, 0.1) is 16.3 Å². The molecule has 0 aliphatic rings. The van der Waals surface area contributed by atoms with Crippen molar-refractivity contribution in [1.82, 2.24) is 0 Å². The van der Waals surface area contributed by atoms with Gasteiger partial charge in [0.15, 0.2) is 0 Å². The molecule has 6 nitrogen and oxygen atoms in total. The van der Waals surface area contributed by atoms with E-state index >= 15 is 0 Å². The predicted molar refractivity (Wildman–Crippen MR) is 103 cm³/mol. The minimum absolute atomic E-state index is 0.0525. The van der Waals surface area contributed by atoms with Crippen LogP contribution in [-0.4, -0.2) is 16.6 Å². The fourth-order valence-electron chi connectivity index (χ4n) is 2.06. The van der Waals surface area contributed by atoms with Gasteiger partial charge in [-0.15, -0.1) is 0 Å². The molecule has 0 N–H and O–H groups in total. The summed E-state index contributed by atoms with van der Waals surface area (Å²) < 4.78 is 7.03. The Morgan fingerprint density at radius 2 is 1.56 bits per heavy atom. The van der Waals surface area contributed by atoms with Crippen molar-refractivity contribution < 1.29 is 14.5 Å². The molecular formula is C17H16Br2N2O4. The summed E-state index contributed by atoms with van der Waals surface area (Å²) in [6.07, 6.45) is -0.577. The molecule has 0 spiro atoms. The van der Waals surface area contributed by atoms with Gasteiger partial charge in [-0.3, -0.25) is 10.1 Å². The Morgan fingerprint density at radius 1 is 1.04 bits per heavy atom. The maximum absolute atomic E-state index is 12.7. The molecule has 2 rings (SSSR count). The number of nitro benzene ring substituents is 1. The largest absolute Gasteiger partial charge is 0.443 e. The van der Waals surface area contributed by atoms with Gasteiger partial charge in [-0.2, -0.15) is 0 Å². The molecule has 0 heterocycles. The zero-order chi connectivity index (χ0) is 18.8. The number of benzene rings is 2. The van der Waals surface area contributed by atoms with Crippen LogP contribution in [0.2, 0.25) is 0 Å². The Kier molecular flexibility index (Phi) is 5.84. The van der Waals surface area contributed by atoms with E-state index in [0.717, 1.165) is 8.95 Å². The molecule has 0 bridgehead atoms. The standard InChI is InChI=1S/C17H16Br2N2O4/c1-17(2,3)25-16(22)20(15-9-11(18)8-12(19)10-15)13-4-6-14(7-5-13)21(23)24/h4-10H,1-3H3. The summed E-state index contributed by atoms with van der Waals surface area (Å²) in [7, 11) is 0. The SMILES string of the molecule is CC(C)(C)OC(=O)N(c1ccc([N+](=O)[O-])cc1)c1cc(Br)cc(Br)c1. The number of carbonyl (C=O) groups excluding carboxylic acids is 1. The fraction of sp³-hybridized carbons (Fsp3) is 0.235. The first-order valence-electron chi connectivity index (χ1n) is 7.30. The lowest BCUT2D eigenvalue weighted by Crippen LogP contribution is -2.33. The highest BCUT2D eigenvalue weighted by molar-refractivity contribution is 9.11. The molecule has 0 unspecified atom stereocenters. The Hall–Kier alpha value is -1.93. The number of non-ortho nitro benzene ring substituents is 1. The third kappa shape index (κ3) is 5.27. The number of carbonyl (C=O) groups is 1. The maximum atomic E-state index is 12.7. The molecule has 2 aromatic carbocycles. The number of halogens is 2. The number of hydrogen-bond acceptors (Lipinski definition) is 4. The number of amides is 1. The number of ether oxygens (including phenoxy) is 1. The molecule has 1 amide bonds. The molecule has 0 aliphatic heterocycles. The highest BCUT2D eigenvalue weighted by Crippen LogP contribution is 2.33. The van der Waals surface area contributed by atoms with Crippen LogP contribution in [0.4, 0.5) is 21.9 Å². The summed E-state index contributed by atoms with van der Waals surface area (Å²) in [4.78, 5) is 24.5. The number of nitro groups is 1. The van der Waals surface area contributed by atoms with Crippen molar-refractivity contribution in [2.45, 2.75) is 26.4 Å². The Balaban J connectivity index is 2.51. The van der Waals surface area contributed by atoms with Crippen molar-refractivity contribution in [2.75, 3.05) is 4.90 Å². The van der Waals surface area contributed by atoms with Gasteiger partial charge in [0.25, 0.3) is 5.69 Å². The van der Waals surface area contributed by atoms with E-state index in [1.807, 2.05) is 6.07 Å². The second-order valence-electron chi connectivity index (χ2n) is 6.22. The number of hydrogen-bond donors (Lipinski definition) is 0. The zero-order valence-corrected chi connectivity index (χ0v) is 17.0. The van der Waals surface area contributed by atoms with Crippen LogP contribution in [0.5, 0.6) is 0 Å². The summed E-state index contributed by atoms with van der Waals surface area (Å²) in [5, 5.41) is 10.9. The molecule has 0 saturated heterocycles. The molecule has 0 saturated carbocycles. The zero-order valence-electron chi connectivity index (χ0n) is 13.8. The van der Waals surface area contributed by atoms with Gasteiger partial charge in [0.1, 0.15) is 5.60 Å². The van der Waals surface area contributed by atoms with Crippen LogP contribution in [0.25, 0.3) is 0 Å². The molecule has 2 aromatic rings. The molecule has 0 radical (unpaired) electrons. The predicted octanol–water partition coefficient (Wildman–Crippen LogP) is 6.19. The minimum atomic E-state index is -0.681. The molecule has 132 valence electrons. The lowest BCUT2D eigenvalue weighted by atomic mass is 10.2. The minimum Gasteiger partial charge on any atom is -0.443 e. The van der Waals surface area contributed by atoms with Crippen LogP contribution in [0.1, 0.15) is 20.8 Å². The normalized spacial score (nSPS) is 11.1. The first-order valence-corrected chi connectivity index (χ1v) is 8.89. The van der Waals surface area contributed by atoms with E-state index in [4.69, 9.17) is 4.74 Å². The molecule has 0 fully saturated rings. The average molecular weight is 472 g/mol. The second-order valence-corrected chi connectivity index (χ2v) is 8.05. The summed E-state index contributed by atoms with van der Waals surface area (Å²) >= 11 is 6.79. The van der Waals surface area contributed by atoms with Crippen LogP contribution in [-0.2, 0) is 4.74 Å². The van der Waals surface area contributed by atoms with Gasteiger partial charge < -0.3 is 4.74 Å². The second kappa shape index (κ2) is 7.53. The van der Waals surface area contributed by atoms with Crippen molar-refractivity contribution in [3.05, 3.63) is 61.5 Å². The van der Waals surface area contributed by atoms with Crippen LogP contribution in [0.3, 0.4) is 0 Å². The van der Waals surface area contributed by atoms with E-state index in [0.29, 0.717) is 11.4 Å². The van der Waals surface area contributed by atoms with Crippen LogP contribution >= 0.6 is 31.9 Å². The summed E-state index contributed by atoms with van der Waals surface area (Å²) in [6.45, 7) is 5.32. The van der Waals surface area contributed by atoms with Gasteiger partial charge in [0.2, 0.25) is 0 Å².